The Bertz CT molecular complexity index is 2060. The Morgan fingerprint density at radius 2 is 1.83 bits per heavy atom. The van der Waals surface area contributed by atoms with Gasteiger partial charge in [-0.3, -0.25) is 13.7 Å². The molecule has 2 heterocycles. The number of sulfonamides is 1. The van der Waals surface area contributed by atoms with E-state index < -0.39 is 38.3 Å². The summed E-state index contributed by atoms with van der Waals surface area (Å²) >= 11 is 0. The van der Waals surface area contributed by atoms with Gasteiger partial charge in [-0.05, 0) is 68.7 Å². The number of fused-ring (bicyclic) bond motifs is 1. The number of nitrogens with zero attached hydrogens (tertiary/aromatic N) is 5. The number of aromatic nitrogens is 2. The minimum atomic E-state index is -3.74. The quantitative estimate of drug-likeness (QED) is 0.293. The molecule has 2 aliphatic rings. The first kappa shape index (κ1) is 31.2. The molecule has 1 aliphatic carbocycles. The Labute approximate surface area is 264 Å². The fraction of sp³-hybridized carbons (Fsp3) is 0.303. The number of aromatic hydroxyl groups is 1. The zero-order valence-electron chi connectivity index (χ0n) is 25.6. The Morgan fingerprint density at radius 3 is 2.48 bits per heavy atom. The zero-order valence-corrected chi connectivity index (χ0v) is 26.4. The van der Waals surface area contributed by atoms with Crippen LogP contribution in [0.5, 0.6) is 5.75 Å². The lowest BCUT2D eigenvalue weighted by atomic mass is 10.0. The molecule has 1 aromatic heterocycles. The van der Waals surface area contributed by atoms with E-state index in [0.717, 1.165) is 16.4 Å². The number of hydrogen-bond donors (Lipinski definition) is 1. The number of carbonyl (C=O) groups is 1. The number of amides is 1. The molecule has 46 heavy (non-hydrogen) atoms. The lowest BCUT2D eigenvalue weighted by Gasteiger charge is -2.40. The monoisotopic (exact) mass is 649 g/mol. The predicted octanol–water partition coefficient (Wildman–Crippen LogP) is 4.50. The number of phenolic OH excluding ortho intramolecular Hbond substituents is 1. The number of rotatable bonds is 7. The van der Waals surface area contributed by atoms with Crippen LogP contribution >= 0.6 is 0 Å². The molecule has 2 fully saturated rings. The van der Waals surface area contributed by atoms with Gasteiger partial charge in [-0.25, -0.2) is 22.0 Å². The van der Waals surface area contributed by atoms with Crippen LogP contribution in [0.25, 0.3) is 27.7 Å². The molecule has 3 aromatic carbocycles. The van der Waals surface area contributed by atoms with Crippen molar-refractivity contribution in [1.82, 2.24) is 14.5 Å². The first-order chi connectivity index (χ1) is 21.8. The van der Waals surface area contributed by atoms with Gasteiger partial charge in [-0.15, -0.1) is 0 Å². The molecule has 13 heteroatoms. The van der Waals surface area contributed by atoms with Crippen molar-refractivity contribution >= 4 is 38.3 Å². The third-order valence-electron chi connectivity index (χ3n) is 8.71. The number of anilines is 2. The van der Waals surface area contributed by atoms with Crippen LogP contribution in [0.4, 0.5) is 20.3 Å². The van der Waals surface area contributed by atoms with Crippen molar-refractivity contribution in [3.05, 3.63) is 88.9 Å². The molecule has 4 aromatic rings. The molecule has 1 atom stereocenters. The maximum Gasteiger partial charge on any atom is 0.354 e. The molecule has 240 valence electrons. The van der Waals surface area contributed by atoms with Gasteiger partial charge < -0.3 is 14.9 Å². The first-order valence-electron chi connectivity index (χ1n) is 14.8. The second kappa shape index (κ2) is 11.5. The maximum absolute atomic E-state index is 16.0. The van der Waals surface area contributed by atoms with E-state index in [9.17, 15) is 23.1 Å². The highest BCUT2D eigenvalue weighted by atomic mass is 32.2. The number of halogens is 2. The summed E-state index contributed by atoms with van der Waals surface area (Å²) in [5.74, 6) is -2.31. The lowest BCUT2D eigenvalue weighted by molar-refractivity contribution is -0.126. The second-order valence-corrected chi connectivity index (χ2v) is 14.0. The molecular weight excluding hydrogens is 616 g/mol. The van der Waals surface area contributed by atoms with E-state index >= 15 is 8.78 Å². The summed E-state index contributed by atoms with van der Waals surface area (Å²) in [4.78, 5) is 34.3. The molecule has 0 unspecified atom stereocenters. The first-order valence-corrected chi connectivity index (χ1v) is 16.3. The summed E-state index contributed by atoms with van der Waals surface area (Å²) in [5, 5.41) is 10.2. The van der Waals surface area contributed by atoms with Gasteiger partial charge in [-0.2, -0.15) is 4.98 Å². The van der Waals surface area contributed by atoms with Crippen molar-refractivity contribution in [3.63, 3.8) is 0 Å². The molecule has 1 amide bonds. The summed E-state index contributed by atoms with van der Waals surface area (Å²) in [6.07, 6.45) is 2.30. The highest BCUT2D eigenvalue weighted by Gasteiger charge is 2.40. The predicted molar refractivity (Wildman–Crippen MR) is 173 cm³/mol. The van der Waals surface area contributed by atoms with Gasteiger partial charge in [0.25, 0.3) is 0 Å². The lowest BCUT2D eigenvalue weighted by Crippen LogP contribution is -2.54. The van der Waals surface area contributed by atoms with Crippen LogP contribution in [-0.4, -0.2) is 71.9 Å². The number of benzene rings is 3. The number of para-hydroxylation sites is 1. The van der Waals surface area contributed by atoms with Crippen LogP contribution < -0.4 is 14.9 Å². The Balaban J connectivity index is 1.65. The summed E-state index contributed by atoms with van der Waals surface area (Å²) < 4.78 is 60.2. The third-order valence-corrected chi connectivity index (χ3v) is 11.0. The molecule has 1 saturated heterocycles. The summed E-state index contributed by atoms with van der Waals surface area (Å²) in [7, 11) is -2.32. The molecule has 10 nitrogen and oxygen atoms in total. The highest BCUT2D eigenvalue weighted by Crippen LogP contribution is 2.40. The molecular formula is C33H33F2N5O5S. The molecule has 0 spiro atoms. The standard InChI is InChI=1S/C33H33F2N5O5S/c1-5-29(42)38-14-15-39(20(3)18-38)32-23-16-25(35)22(30-24(34)9-7-11-28(30)41)17-27(23)40(33(43)36-32)31-19(2)8-6-10-26(31)37(4)46(44,45)21-12-13-21/h5-11,16-17,20-21,41H,1,12-15,18H2,2-4H3/t20-/m0/s1. The minimum Gasteiger partial charge on any atom is -0.507 e. The van der Waals surface area contributed by atoms with Gasteiger partial charge in [0.2, 0.25) is 15.9 Å². The molecule has 0 radical (unpaired) electrons. The van der Waals surface area contributed by atoms with Crippen molar-refractivity contribution in [2.45, 2.75) is 38.0 Å². The van der Waals surface area contributed by atoms with Crippen LogP contribution in [0.1, 0.15) is 25.3 Å². The molecule has 1 saturated carbocycles. The van der Waals surface area contributed by atoms with Crippen LogP contribution in [0.2, 0.25) is 0 Å². The van der Waals surface area contributed by atoms with Crippen molar-refractivity contribution in [1.29, 1.82) is 0 Å². The number of piperazine rings is 1. The summed E-state index contributed by atoms with van der Waals surface area (Å²) in [5.41, 5.74) is -0.360. The topological polar surface area (TPSA) is 116 Å². The van der Waals surface area contributed by atoms with Crippen LogP contribution in [-0.2, 0) is 14.8 Å². The van der Waals surface area contributed by atoms with Crippen LogP contribution in [0, 0.1) is 18.6 Å². The van der Waals surface area contributed by atoms with Gasteiger partial charge in [-0.1, -0.05) is 24.8 Å². The second-order valence-electron chi connectivity index (χ2n) is 11.7. The van der Waals surface area contributed by atoms with Crippen molar-refractivity contribution in [3.8, 4) is 22.6 Å². The van der Waals surface area contributed by atoms with Crippen molar-refractivity contribution in [2.24, 2.45) is 0 Å². The van der Waals surface area contributed by atoms with Crippen LogP contribution in [0.3, 0.4) is 0 Å². The van der Waals surface area contributed by atoms with E-state index in [1.807, 2.05) is 11.8 Å². The number of phenols is 1. The molecule has 6 rings (SSSR count). The van der Waals surface area contributed by atoms with E-state index in [-0.39, 0.29) is 57.7 Å². The largest absolute Gasteiger partial charge is 0.507 e. The smallest absolute Gasteiger partial charge is 0.354 e. The number of aryl methyl sites for hydroxylation is 1. The highest BCUT2D eigenvalue weighted by molar-refractivity contribution is 7.93. The van der Waals surface area contributed by atoms with E-state index in [4.69, 9.17) is 0 Å². The molecule has 0 bridgehead atoms. The minimum absolute atomic E-state index is 0.124. The Hall–Kier alpha value is -4.78. The van der Waals surface area contributed by atoms with Gasteiger partial charge in [0.1, 0.15) is 23.2 Å². The van der Waals surface area contributed by atoms with Crippen molar-refractivity contribution in [2.75, 3.05) is 35.9 Å². The Morgan fingerprint density at radius 1 is 1.11 bits per heavy atom. The summed E-state index contributed by atoms with van der Waals surface area (Å²) in [6, 6.07) is 10.7. The van der Waals surface area contributed by atoms with Gasteiger partial charge in [0, 0.05) is 43.7 Å². The fourth-order valence-electron chi connectivity index (χ4n) is 6.15. The van der Waals surface area contributed by atoms with Crippen molar-refractivity contribution < 1.29 is 27.1 Å². The van der Waals surface area contributed by atoms with Gasteiger partial charge in [0.05, 0.1) is 27.7 Å². The Kier molecular flexibility index (Phi) is 7.83. The average molecular weight is 650 g/mol. The fourth-order valence-corrected chi connectivity index (χ4v) is 7.75. The van der Waals surface area contributed by atoms with E-state index in [1.54, 1.807) is 30.0 Å². The molecule has 1 N–H and O–H groups in total. The van der Waals surface area contributed by atoms with Gasteiger partial charge >= 0.3 is 5.69 Å². The molecule has 1 aliphatic heterocycles. The number of carbonyl (C=O) groups excluding carboxylic acids is 1. The summed E-state index contributed by atoms with van der Waals surface area (Å²) in [6.45, 7) is 7.99. The normalized spacial score (nSPS) is 16.9. The van der Waals surface area contributed by atoms with Crippen LogP contribution in [0.15, 0.2) is 66.0 Å². The zero-order chi connectivity index (χ0) is 33.1. The average Bonchev–Trinajstić information content (AvgIpc) is 3.87. The third kappa shape index (κ3) is 5.17. The van der Waals surface area contributed by atoms with E-state index in [1.165, 1.54) is 35.9 Å². The number of hydrogen-bond acceptors (Lipinski definition) is 7. The van der Waals surface area contributed by atoms with E-state index in [2.05, 4.69) is 11.6 Å². The maximum atomic E-state index is 16.0. The van der Waals surface area contributed by atoms with Gasteiger partial charge in [0.15, 0.2) is 0 Å². The van der Waals surface area contributed by atoms with E-state index in [0.29, 0.717) is 31.5 Å². The SMILES string of the molecule is C=CC(=O)N1CCN(c2nc(=O)n(-c3c(C)cccc3N(C)S(=O)(=O)C3CC3)c3cc(-c4c(O)cccc4F)c(F)cc23)[C@@H](C)C1.